The minimum absolute atomic E-state index is 0.264. The molecule has 226 valence electrons. The predicted molar refractivity (Wildman–Crippen MR) is 171 cm³/mol. The van der Waals surface area contributed by atoms with E-state index in [4.69, 9.17) is 14.8 Å². The molecule has 5 aromatic rings. The smallest absolute Gasteiger partial charge is 0.337 e. The standard InChI is InChI=1S/C34H34FN5O3S/c1-21-29(30(33(41)42)43-34(2,3)4)32(39-16-14-24(15-17-39)23-8-6-5-7-9-23)40-28(37-21)19-27(38-40)31-36-20-26(44-31)18-22-10-12-25(35)13-11-22/h5-14,19-20,30H,15-18H2,1-4H3,(H,41,42). The fraction of sp³-hybridized carbons (Fsp3) is 0.294. The van der Waals surface area contributed by atoms with Crippen molar-refractivity contribution >= 4 is 34.3 Å². The van der Waals surface area contributed by atoms with E-state index in [0.29, 0.717) is 47.9 Å². The second-order valence-corrected chi connectivity index (χ2v) is 13.0. The largest absolute Gasteiger partial charge is 0.479 e. The first-order chi connectivity index (χ1) is 21.1. The zero-order valence-electron chi connectivity index (χ0n) is 25.1. The molecule has 0 radical (unpaired) electrons. The summed E-state index contributed by atoms with van der Waals surface area (Å²) in [5.74, 6) is -0.692. The second-order valence-electron chi connectivity index (χ2n) is 11.9. The van der Waals surface area contributed by atoms with Gasteiger partial charge >= 0.3 is 5.97 Å². The van der Waals surface area contributed by atoms with Crippen molar-refractivity contribution in [2.75, 3.05) is 18.0 Å². The average molecular weight is 612 g/mol. The van der Waals surface area contributed by atoms with Gasteiger partial charge in [0.1, 0.15) is 22.3 Å². The van der Waals surface area contributed by atoms with Crippen LogP contribution in [-0.2, 0) is 16.0 Å². The van der Waals surface area contributed by atoms with Gasteiger partial charge in [-0.3, -0.25) is 0 Å². The van der Waals surface area contributed by atoms with Crippen molar-refractivity contribution in [2.24, 2.45) is 0 Å². The highest BCUT2D eigenvalue weighted by atomic mass is 32.1. The maximum absolute atomic E-state index is 13.4. The third kappa shape index (κ3) is 6.27. The van der Waals surface area contributed by atoms with Gasteiger partial charge in [0.2, 0.25) is 0 Å². The number of aromatic nitrogens is 4. The number of halogens is 1. The first-order valence-corrected chi connectivity index (χ1v) is 15.4. The second kappa shape index (κ2) is 11.9. The van der Waals surface area contributed by atoms with Gasteiger partial charge < -0.3 is 14.7 Å². The van der Waals surface area contributed by atoms with E-state index >= 15 is 0 Å². The number of benzene rings is 2. The molecule has 1 unspecified atom stereocenters. The summed E-state index contributed by atoms with van der Waals surface area (Å²) in [6.45, 7) is 8.61. The number of thiazole rings is 1. The van der Waals surface area contributed by atoms with Crippen LogP contribution in [0.4, 0.5) is 10.2 Å². The van der Waals surface area contributed by atoms with Crippen LogP contribution in [0.25, 0.3) is 21.9 Å². The average Bonchev–Trinajstić information content (AvgIpc) is 3.64. The van der Waals surface area contributed by atoms with Crippen LogP contribution in [-0.4, -0.2) is 49.3 Å². The molecule has 44 heavy (non-hydrogen) atoms. The first kappa shape index (κ1) is 29.7. The van der Waals surface area contributed by atoms with Crippen molar-refractivity contribution < 1.29 is 19.0 Å². The molecule has 0 spiro atoms. The number of hydrogen-bond acceptors (Lipinski definition) is 7. The molecule has 6 rings (SSSR count). The van der Waals surface area contributed by atoms with Crippen molar-refractivity contribution in [1.29, 1.82) is 0 Å². The first-order valence-electron chi connectivity index (χ1n) is 14.6. The Balaban J connectivity index is 1.43. The zero-order valence-corrected chi connectivity index (χ0v) is 25.9. The molecule has 0 saturated carbocycles. The molecule has 1 N–H and O–H groups in total. The number of carboxylic acid groups (broad SMARTS) is 1. The molecule has 8 nitrogen and oxygen atoms in total. The van der Waals surface area contributed by atoms with Crippen molar-refractivity contribution in [2.45, 2.75) is 52.2 Å². The Kier molecular flexibility index (Phi) is 8.04. The van der Waals surface area contributed by atoms with E-state index in [9.17, 15) is 14.3 Å². The highest BCUT2D eigenvalue weighted by Crippen LogP contribution is 2.37. The Morgan fingerprint density at radius 2 is 1.89 bits per heavy atom. The van der Waals surface area contributed by atoms with Gasteiger partial charge in [0.25, 0.3) is 0 Å². The third-order valence-corrected chi connectivity index (χ3v) is 8.50. The molecular formula is C34H34FN5O3S. The summed E-state index contributed by atoms with van der Waals surface area (Å²) in [5, 5.41) is 16.1. The van der Waals surface area contributed by atoms with Crippen molar-refractivity contribution in [1.82, 2.24) is 19.6 Å². The molecule has 3 aromatic heterocycles. The molecule has 0 aliphatic carbocycles. The van der Waals surface area contributed by atoms with Crippen molar-refractivity contribution in [3.8, 4) is 10.7 Å². The number of anilines is 1. The van der Waals surface area contributed by atoms with E-state index in [1.54, 1.807) is 16.6 Å². The summed E-state index contributed by atoms with van der Waals surface area (Å²) >= 11 is 1.52. The fourth-order valence-electron chi connectivity index (χ4n) is 5.50. The fourth-order valence-corrected chi connectivity index (χ4v) is 6.41. The summed E-state index contributed by atoms with van der Waals surface area (Å²) in [6.07, 6.45) is 4.19. The molecule has 0 saturated heterocycles. The molecule has 1 atom stereocenters. The molecule has 0 bridgehead atoms. The lowest BCUT2D eigenvalue weighted by molar-refractivity contribution is -0.160. The number of fused-ring (bicyclic) bond motifs is 1. The van der Waals surface area contributed by atoms with E-state index in [1.165, 1.54) is 34.6 Å². The summed E-state index contributed by atoms with van der Waals surface area (Å²) in [6, 6.07) is 18.6. The Morgan fingerprint density at radius 3 is 2.55 bits per heavy atom. The number of nitrogens with zero attached hydrogens (tertiary/aromatic N) is 5. The Hall–Kier alpha value is -4.41. The molecule has 0 amide bonds. The van der Waals surface area contributed by atoms with E-state index in [1.807, 2.05) is 58.2 Å². The third-order valence-electron chi connectivity index (χ3n) is 7.48. The van der Waals surface area contributed by atoms with Crippen LogP contribution in [0.3, 0.4) is 0 Å². The van der Waals surface area contributed by atoms with Crippen LogP contribution in [0, 0.1) is 12.7 Å². The Bertz CT molecular complexity index is 1840. The molecule has 0 fully saturated rings. The van der Waals surface area contributed by atoms with Crippen LogP contribution in [0.15, 0.2) is 72.9 Å². The maximum Gasteiger partial charge on any atom is 0.337 e. The molecule has 2 aromatic carbocycles. The van der Waals surface area contributed by atoms with Gasteiger partial charge in [0, 0.05) is 42.3 Å². The van der Waals surface area contributed by atoms with Gasteiger partial charge in [-0.25, -0.2) is 19.2 Å². The summed E-state index contributed by atoms with van der Waals surface area (Å²) < 4.78 is 21.3. The van der Waals surface area contributed by atoms with Gasteiger partial charge in [-0.1, -0.05) is 48.5 Å². The number of ether oxygens (including phenoxy) is 1. The van der Waals surface area contributed by atoms with E-state index in [2.05, 4.69) is 28.1 Å². The van der Waals surface area contributed by atoms with Gasteiger partial charge in [0.15, 0.2) is 11.8 Å². The summed E-state index contributed by atoms with van der Waals surface area (Å²) in [4.78, 5) is 25.3. The molecule has 1 aliphatic heterocycles. The number of aliphatic carboxylic acids is 1. The minimum Gasteiger partial charge on any atom is -0.479 e. The number of hydrogen-bond donors (Lipinski definition) is 1. The van der Waals surface area contributed by atoms with Crippen LogP contribution in [0.2, 0.25) is 0 Å². The van der Waals surface area contributed by atoms with Gasteiger partial charge in [-0.15, -0.1) is 11.3 Å². The topological polar surface area (TPSA) is 92.9 Å². The van der Waals surface area contributed by atoms with Gasteiger partial charge in [-0.2, -0.15) is 9.61 Å². The maximum atomic E-state index is 13.4. The predicted octanol–water partition coefficient (Wildman–Crippen LogP) is 7.13. The molecule has 10 heteroatoms. The highest BCUT2D eigenvalue weighted by Gasteiger charge is 2.35. The van der Waals surface area contributed by atoms with Crippen molar-refractivity contribution in [3.05, 3.63) is 106 Å². The normalized spacial score (nSPS) is 14.6. The van der Waals surface area contributed by atoms with Crippen LogP contribution < -0.4 is 4.90 Å². The monoisotopic (exact) mass is 611 g/mol. The zero-order chi connectivity index (χ0) is 31.0. The van der Waals surface area contributed by atoms with Gasteiger partial charge in [-0.05, 0) is 62.9 Å². The summed E-state index contributed by atoms with van der Waals surface area (Å²) in [5.41, 5.74) is 5.03. The SMILES string of the molecule is Cc1nc2cc(-c3ncc(Cc4ccc(F)cc4)s3)nn2c(N2CC=C(c3ccccc3)CC2)c1C(OC(C)(C)C)C(=O)O. The van der Waals surface area contributed by atoms with Crippen LogP contribution in [0.5, 0.6) is 0 Å². The number of rotatable bonds is 8. The van der Waals surface area contributed by atoms with E-state index < -0.39 is 17.7 Å². The number of aryl methyl sites for hydroxylation is 1. The van der Waals surface area contributed by atoms with E-state index in [0.717, 1.165) is 21.9 Å². The van der Waals surface area contributed by atoms with Crippen molar-refractivity contribution in [3.63, 3.8) is 0 Å². The summed E-state index contributed by atoms with van der Waals surface area (Å²) in [7, 11) is 0. The molecular weight excluding hydrogens is 577 g/mol. The van der Waals surface area contributed by atoms with Crippen LogP contribution >= 0.6 is 11.3 Å². The number of carboxylic acids is 1. The highest BCUT2D eigenvalue weighted by molar-refractivity contribution is 7.15. The molecule has 4 heterocycles. The minimum atomic E-state index is -1.24. The Morgan fingerprint density at radius 1 is 1.14 bits per heavy atom. The lowest BCUT2D eigenvalue weighted by Crippen LogP contribution is -2.35. The van der Waals surface area contributed by atoms with Crippen LogP contribution in [0.1, 0.15) is 60.6 Å². The van der Waals surface area contributed by atoms with E-state index in [-0.39, 0.29) is 5.82 Å². The van der Waals surface area contributed by atoms with Gasteiger partial charge in [0.05, 0.1) is 11.2 Å². The molecule has 1 aliphatic rings. The lowest BCUT2D eigenvalue weighted by atomic mass is 9.98. The lowest BCUT2D eigenvalue weighted by Gasteiger charge is -2.33. The quantitative estimate of drug-likeness (QED) is 0.200. The number of carbonyl (C=O) groups is 1. The Labute approximate surface area is 259 Å².